The average molecular weight is 347 g/mol. The second-order valence-corrected chi connectivity index (χ2v) is 6.93. The second kappa shape index (κ2) is 7.68. The fourth-order valence-electron chi connectivity index (χ4n) is 2.72. The molecule has 3 rings (SSSR count). The first kappa shape index (κ1) is 16.8. The summed E-state index contributed by atoms with van der Waals surface area (Å²) >= 11 is 1.46. The Morgan fingerprint density at radius 3 is 3.00 bits per heavy atom. The van der Waals surface area contributed by atoms with Gasteiger partial charge in [-0.2, -0.15) is 0 Å². The third kappa shape index (κ3) is 3.88. The predicted molar refractivity (Wildman–Crippen MR) is 93.0 cm³/mol. The molecule has 2 aromatic rings. The average Bonchev–Trinajstić information content (AvgIpc) is 3.08. The highest BCUT2D eigenvalue weighted by Gasteiger charge is 2.21. The molecule has 2 heterocycles. The van der Waals surface area contributed by atoms with E-state index in [4.69, 9.17) is 14.2 Å². The van der Waals surface area contributed by atoms with Gasteiger partial charge in [-0.1, -0.05) is 6.07 Å². The molecule has 128 valence electrons. The van der Waals surface area contributed by atoms with Gasteiger partial charge in [0.2, 0.25) is 0 Å². The van der Waals surface area contributed by atoms with Crippen molar-refractivity contribution in [2.75, 3.05) is 27.4 Å². The Bertz CT molecular complexity index is 713. The van der Waals surface area contributed by atoms with E-state index in [-0.39, 0.29) is 11.8 Å². The van der Waals surface area contributed by atoms with Gasteiger partial charge in [-0.25, -0.2) is 0 Å². The molecule has 0 bridgehead atoms. The van der Waals surface area contributed by atoms with Gasteiger partial charge in [0.25, 0.3) is 5.91 Å². The molecule has 24 heavy (non-hydrogen) atoms. The van der Waals surface area contributed by atoms with Crippen LogP contribution in [0.15, 0.2) is 30.3 Å². The lowest BCUT2D eigenvalue weighted by Crippen LogP contribution is -2.34. The van der Waals surface area contributed by atoms with Crippen LogP contribution in [-0.4, -0.2) is 33.3 Å². The Hall–Kier alpha value is -2.05. The maximum absolute atomic E-state index is 12.2. The van der Waals surface area contributed by atoms with Crippen LogP contribution in [0.1, 0.15) is 20.1 Å². The Kier molecular flexibility index (Phi) is 5.37. The summed E-state index contributed by atoms with van der Waals surface area (Å²) in [6.45, 7) is 1.73. The minimum atomic E-state index is -0.0390. The quantitative estimate of drug-likeness (QED) is 0.873. The summed E-state index contributed by atoms with van der Waals surface area (Å²) in [6.07, 6.45) is 0.888. The summed E-state index contributed by atoms with van der Waals surface area (Å²) in [5.41, 5.74) is 1.15. The Morgan fingerprint density at radius 2 is 2.21 bits per heavy atom. The molecule has 1 amide bonds. The lowest BCUT2D eigenvalue weighted by molar-refractivity contribution is 0.0943. The van der Waals surface area contributed by atoms with Crippen LogP contribution in [-0.2, 0) is 17.8 Å². The smallest absolute Gasteiger partial charge is 0.261 e. The van der Waals surface area contributed by atoms with E-state index in [1.165, 1.54) is 11.3 Å². The fraction of sp³-hybridized carbons (Fsp3) is 0.389. The lowest BCUT2D eigenvalue weighted by atomic mass is 9.96. The molecular weight excluding hydrogens is 326 g/mol. The summed E-state index contributed by atoms with van der Waals surface area (Å²) in [7, 11) is 3.29. The summed E-state index contributed by atoms with van der Waals surface area (Å²) in [5, 5.41) is 3.00. The molecular formula is C18H21NO4S. The minimum Gasteiger partial charge on any atom is -0.497 e. The number of ether oxygens (including phenoxy) is 3. The van der Waals surface area contributed by atoms with Gasteiger partial charge in [-0.15, -0.1) is 11.3 Å². The van der Waals surface area contributed by atoms with Crippen LogP contribution in [0.25, 0.3) is 0 Å². The summed E-state index contributed by atoms with van der Waals surface area (Å²) in [5.74, 6) is 1.90. The molecule has 1 atom stereocenters. The van der Waals surface area contributed by atoms with Crippen LogP contribution in [0.5, 0.6) is 11.5 Å². The summed E-state index contributed by atoms with van der Waals surface area (Å²) in [4.78, 5) is 14.0. The van der Waals surface area contributed by atoms with Gasteiger partial charge in [-0.3, -0.25) is 4.79 Å². The second-order valence-electron chi connectivity index (χ2n) is 5.76. The van der Waals surface area contributed by atoms with Crippen molar-refractivity contribution in [3.63, 3.8) is 0 Å². The van der Waals surface area contributed by atoms with Crippen molar-refractivity contribution in [3.8, 4) is 11.5 Å². The number of benzene rings is 1. The van der Waals surface area contributed by atoms with Crippen molar-refractivity contribution in [1.82, 2.24) is 5.32 Å². The molecule has 1 N–H and O–H groups in total. The third-order valence-corrected chi connectivity index (χ3v) is 5.04. The van der Waals surface area contributed by atoms with E-state index in [9.17, 15) is 4.79 Å². The number of nitrogens with one attached hydrogen (secondary N) is 1. The molecule has 1 aromatic heterocycles. The highest BCUT2D eigenvalue weighted by molar-refractivity contribution is 7.14. The van der Waals surface area contributed by atoms with Crippen molar-refractivity contribution in [2.24, 2.45) is 5.92 Å². The van der Waals surface area contributed by atoms with E-state index in [0.29, 0.717) is 24.6 Å². The van der Waals surface area contributed by atoms with Crippen LogP contribution in [0, 0.1) is 5.92 Å². The van der Waals surface area contributed by atoms with Gasteiger partial charge in [0.1, 0.15) is 11.5 Å². The maximum atomic E-state index is 12.2. The molecule has 5 nitrogen and oxygen atoms in total. The first-order valence-corrected chi connectivity index (χ1v) is 8.67. The third-order valence-electron chi connectivity index (χ3n) is 3.98. The van der Waals surface area contributed by atoms with Crippen LogP contribution in [0.3, 0.4) is 0 Å². The molecule has 0 radical (unpaired) electrons. The topological polar surface area (TPSA) is 56.8 Å². The predicted octanol–water partition coefficient (Wildman–Crippen LogP) is 2.88. The standard InChI is InChI=1S/C18H21NO4S/c1-21-11-15-5-6-17(24-15)18(20)19-9-12-7-13-3-4-14(22-2)8-16(13)23-10-12/h3-6,8,12H,7,9-11H2,1-2H3,(H,19,20)/t12-/m1/s1. The van der Waals surface area contributed by atoms with Gasteiger partial charge < -0.3 is 19.5 Å². The molecule has 0 unspecified atom stereocenters. The van der Waals surface area contributed by atoms with E-state index >= 15 is 0 Å². The first-order chi connectivity index (χ1) is 11.7. The number of hydrogen-bond acceptors (Lipinski definition) is 5. The van der Waals surface area contributed by atoms with Gasteiger partial charge in [0.15, 0.2) is 0 Å². The molecule has 0 spiro atoms. The Balaban J connectivity index is 1.54. The number of amides is 1. The minimum absolute atomic E-state index is 0.0390. The molecule has 1 aliphatic heterocycles. The van der Waals surface area contributed by atoms with Crippen LogP contribution in [0.4, 0.5) is 0 Å². The van der Waals surface area contributed by atoms with E-state index in [2.05, 4.69) is 5.32 Å². The van der Waals surface area contributed by atoms with Crippen molar-refractivity contribution in [3.05, 3.63) is 45.6 Å². The Morgan fingerprint density at radius 1 is 1.33 bits per heavy atom. The van der Waals surface area contributed by atoms with E-state index in [1.807, 2.05) is 30.3 Å². The van der Waals surface area contributed by atoms with E-state index < -0.39 is 0 Å². The number of methoxy groups -OCH3 is 2. The van der Waals surface area contributed by atoms with Crippen LogP contribution < -0.4 is 14.8 Å². The number of hydrogen-bond donors (Lipinski definition) is 1. The van der Waals surface area contributed by atoms with Crippen molar-refractivity contribution in [2.45, 2.75) is 13.0 Å². The highest BCUT2D eigenvalue weighted by atomic mass is 32.1. The lowest BCUT2D eigenvalue weighted by Gasteiger charge is -2.25. The molecule has 6 heteroatoms. The monoisotopic (exact) mass is 347 g/mol. The zero-order chi connectivity index (χ0) is 16.9. The van der Waals surface area contributed by atoms with E-state index in [1.54, 1.807) is 14.2 Å². The maximum Gasteiger partial charge on any atom is 0.261 e. The van der Waals surface area contributed by atoms with Gasteiger partial charge in [0, 0.05) is 30.5 Å². The van der Waals surface area contributed by atoms with Crippen LogP contribution in [0.2, 0.25) is 0 Å². The zero-order valence-electron chi connectivity index (χ0n) is 13.8. The van der Waals surface area contributed by atoms with Crippen LogP contribution >= 0.6 is 11.3 Å². The molecule has 0 fully saturated rings. The molecule has 0 saturated heterocycles. The van der Waals surface area contributed by atoms with Gasteiger partial charge >= 0.3 is 0 Å². The number of thiophene rings is 1. The van der Waals surface area contributed by atoms with E-state index in [0.717, 1.165) is 28.4 Å². The van der Waals surface area contributed by atoms with Gasteiger partial charge in [-0.05, 0) is 30.2 Å². The van der Waals surface area contributed by atoms with Crippen molar-refractivity contribution < 1.29 is 19.0 Å². The largest absolute Gasteiger partial charge is 0.497 e. The molecule has 0 saturated carbocycles. The summed E-state index contributed by atoms with van der Waals surface area (Å²) < 4.78 is 16.1. The summed E-state index contributed by atoms with van der Waals surface area (Å²) in [6, 6.07) is 9.64. The number of rotatable bonds is 6. The number of fused-ring (bicyclic) bond motifs is 1. The zero-order valence-corrected chi connectivity index (χ0v) is 14.7. The SMILES string of the molecule is COCc1ccc(C(=O)NC[C@@H]2COc3cc(OC)ccc3C2)s1. The normalized spacial score (nSPS) is 16.2. The molecule has 0 aliphatic carbocycles. The van der Waals surface area contributed by atoms with Crippen molar-refractivity contribution >= 4 is 17.2 Å². The van der Waals surface area contributed by atoms with Crippen molar-refractivity contribution in [1.29, 1.82) is 0 Å². The Labute approximate surface area is 145 Å². The number of carbonyl (C=O) groups is 1. The molecule has 1 aliphatic rings. The highest BCUT2D eigenvalue weighted by Crippen LogP contribution is 2.30. The molecule has 1 aromatic carbocycles. The fourth-order valence-corrected chi connectivity index (χ4v) is 3.61. The number of carbonyl (C=O) groups excluding carboxylic acids is 1. The first-order valence-electron chi connectivity index (χ1n) is 7.85. The van der Waals surface area contributed by atoms with Gasteiger partial charge in [0.05, 0.1) is 25.2 Å².